The van der Waals surface area contributed by atoms with Crippen LogP contribution in [-0.4, -0.2) is 21.5 Å². The fourth-order valence-corrected chi connectivity index (χ4v) is 3.66. The van der Waals surface area contributed by atoms with E-state index in [0.717, 1.165) is 24.0 Å². The van der Waals surface area contributed by atoms with Gasteiger partial charge < -0.3 is 10.6 Å². The van der Waals surface area contributed by atoms with Gasteiger partial charge in [-0.05, 0) is 30.2 Å². The summed E-state index contributed by atoms with van der Waals surface area (Å²) in [5, 5.41) is 5.84. The van der Waals surface area contributed by atoms with Crippen molar-refractivity contribution in [3.05, 3.63) is 71.3 Å². The lowest BCUT2D eigenvalue weighted by molar-refractivity contribution is 0.236. The minimum atomic E-state index is -3.37. The van der Waals surface area contributed by atoms with Crippen molar-refractivity contribution >= 4 is 16.1 Å². The second kappa shape index (κ2) is 10.1. The smallest absolute Gasteiger partial charge is 0.315 e. The number of urea groups is 1. The van der Waals surface area contributed by atoms with Gasteiger partial charge >= 0.3 is 6.03 Å². The maximum atomic E-state index is 12.4. The topological polar surface area (TPSA) is 87.3 Å². The molecule has 0 unspecified atom stereocenters. The highest BCUT2D eigenvalue weighted by molar-refractivity contribution is 7.88. The molecule has 2 aromatic carbocycles. The van der Waals surface area contributed by atoms with Gasteiger partial charge in [0.2, 0.25) is 10.0 Å². The molecule has 0 radical (unpaired) electrons. The van der Waals surface area contributed by atoms with Gasteiger partial charge in [-0.1, -0.05) is 67.9 Å². The van der Waals surface area contributed by atoms with Gasteiger partial charge in [-0.15, -0.1) is 0 Å². The normalized spacial score (nSPS) is 12.4. The van der Waals surface area contributed by atoms with Crippen LogP contribution < -0.4 is 15.4 Å². The standard InChI is InChI=1S/C20H27N3O3S/c1-3-9-19(16-10-5-4-6-11-16)23-20(24)22-14-17-12-7-8-13-18(17)15-27(25,26)21-2/h4-8,10-13,19,21H,3,9,14-15H2,1-2H3,(H2,22,23,24)/t19-/m1/s1. The summed E-state index contributed by atoms with van der Waals surface area (Å²) in [5.41, 5.74) is 2.51. The predicted octanol–water partition coefficient (Wildman–Crippen LogP) is 3.08. The number of carbonyl (C=O) groups is 1. The third kappa shape index (κ3) is 6.69. The molecule has 27 heavy (non-hydrogen) atoms. The van der Waals surface area contributed by atoms with E-state index in [4.69, 9.17) is 0 Å². The van der Waals surface area contributed by atoms with Crippen molar-refractivity contribution < 1.29 is 13.2 Å². The summed E-state index contributed by atoms with van der Waals surface area (Å²) >= 11 is 0. The summed E-state index contributed by atoms with van der Waals surface area (Å²) < 4.78 is 26.0. The van der Waals surface area contributed by atoms with Crippen LogP contribution in [0.2, 0.25) is 0 Å². The first kappa shape index (κ1) is 20.9. The van der Waals surface area contributed by atoms with Crippen LogP contribution in [-0.2, 0) is 22.3 Å². The zero-order chi connectivity index (χ0) is 19.7. The minimum absolute atomic E-state index is 0.0592. The van der Waals surface area contributed by atoms with Gasteiger partial charge in [-0.2, -0.15) is 0 Å². The molecule has 0 saturated carbocycles. The molecule has 0 bridgehead atoms. The molecule has 0 heterocycles. The number of nitrogens with one attached hydrogen (secondary N) is 3. The Morgan fingerprint density at radius 2 is 1.63 bits per heavy atom. The van der Waals surface area contributed by atoms with Crippen molar-refractivity contribution in [2.45, 2.75) is 38.1 Å². The number of sulfonamides is 1. The Balaban J connectivity index is 2.01. The van der Waals surface area contributed by atoms with Crippen LogP contribution in [0.1, 0.15) is 42.5 Å². The van der Waals surface area contributed by atoms with Crippen LogP contribution in [0.4, 0.5) is 4.79 Å². The average molecular weight is 390 g/mol. The van der Waals surface area contributed by atoms with Gasteiger partial charge in [-0.3, -0.25) is 0 Å². The summed E-state index contributed by atoms with van der Waals surface area (Å²) in [6.07, 6.45) is 1.79. The number of rotatable bonds is 9. The highest BCUT2D eigenvalue weighted by Crippen LogP contribution is 2.18. The zero-order valence-electron chi connectivity index (χ0n) is 15.7. The van der Waals surface area contributed by atoms with E-state index in [0.29, 0.717) is 5.56 Å². The Kier molecular flexibility index (Phi) is 7.82. The molecule has 7 heteroatoms. The van der Waals surface area contributed by atoms with E-state index < -0.39 is 10.0 Å². The van der Waals surface area contributed by atoms with E-state index in [9.17, 15) is 13.2 Å². The average Bonchev–Trinajstić information content (AvgIpc) is 2.67. The lowest BCUT2D eigenvalue weighted by Crippen LogP contribution is -2.37. The molecule has 0 fully saturated rings. The van der Waals surface area contributed by atoms with Crippen molar-refractivity contribution in [1.82, 2.24) is 15.4 Å². The summed E-state index contributed by atoms with van der Waals surface area (Å²) in [4.78, 5) is 12.4. The Morgan fingerprint density at radius 3 is 2.26 bits per heavy atom. The lowest BCUT2D eigenvalue weighted by atomic mass is 10.0. The largest absolute Gasteiger partial charge is 0.334 e. The molecule has 146 valence electrons. The molecular weight excluding hydrogens is 362 g/mol. The molecule has 0 aliphatic rings. The molecule has 2 aromatic rings. The van der Waals surface area contributed by atoms with Crippen LogP contribution in [0.25, 0.3) is 0 Å². The third-order valence-electron chi connectivity index (χ3n) is 4.30. The molecule has 1 atom stereocenters. The zero-order valence-corrected chi connectivity index (χ0v) is 16.6. The second-order valence-corrected chi connectivity index (χ2v) is 8.24. The predicted molar refractivity (Wildman–Crippen MR) is 108 cm³/mol. The Hall–Kier alpha value is -2.38. The third-order valence-corrected chi connectivity index (χ3v) is 5.61. The molecule has 0 aliphatic carbocycles. The highest BCUT2D eigenvalue weighted by atomic mass is 32.2. The van der Waals surface area contributed by atoms with E-state index in [-0.39, 0.29) is 24.4 Å². The maximum Gasteiger partial charge on any atom is 0.315 e. The van der Waals surface area contributed by atoms with Gasteiger partial charge in [-0.25, -0.2) is 17.9 Å². The summed E-state index contributed by atoms with van der Waals surface area (Å²) in [6.45, 7) is 2.34. The molecule has 2 rings (SSSR count). The Morgan fingerprint density at radius 1 is 1.00 bits per heavy atom. The first-order valence-corrected chi connectivity index (χ1v) is 10.7. The molecule has 2 amide bonds. The van der Waals surface area contributed by atoms with Crippen LogP contribution >= 0.6 is 0 Å². The van der Waals surface area contributed by atoms with Crippen LogP contribution in [0.5, 0.6) is 0 Å². The minimum Gasteiger partial charge on any atom is -0.334 e. The fraction of sp³-hybridized carbons (Fsp3) is 0.350. The van der Waals surface area contributed by atoms with Crippen molar-refractivity contribution in [2.24, 2.45) is 0 Å². The molecule has 0 saturated heterocycles. The monoisotopic (exact) mass is 389 g/mol. The SMILES string of the molecule is CCC[C@@H](NC(=O)NCc1ccccc1CS(=O)(=O)NC)c1ccccc1. The molecule has 0 aliphatic heterocycles. The molecular formula is C20H27N3O3S. The van der Waals surface area contributed by atoms with E-state index in [1.54, 1.807) is 12.1 Å². The van der Waals surface area contributed by atoms with Crippen LogP contribution in [0.15, 0.2) is 54.6 Å². The van der Waals surface area contributed by atoms with Gasteiger partial charge in [0.25, 0.3) is 0 Å². The highest BCUT2D eigenvalue weighted by Gasteiger charge is 2.15. The fourth-order valence-electron chi connectivity index (χ4n) is 2.83. The summed E-state index contributed by atoms with van der Waals surface area (Å²) in [5.74, 6) is -0.120. The van der Waals surface area contributed by atoms with Gasteiger partial charge in [0.15, 0.2) is 0 Å². The Bertz CT molecular complexity index is 839. The number of amides is 2. The van der Waals surface area contributed by atoms with Crippen molar-refractivity contribution in [3.63, 3.8) is 0 Å². The molecule has 0 spiro atoms. The Labute approximate surface area is 161 Å². The van der Waals surface area contributed by atoms with Gasteiger partial charge in [0.1, 0.15) is 0 Å². The van der Waals surface area contributed by atoms with Crippen LogP contribution in [0, 0.1) is 0 Å². The second-order valence-electron chi connectivity index (χ2n) is 6.31. The molecule has 0 aromatic heterocycles. The maximum absolute atomic E-state index is 12.4. The first-order valence-electron chi connectivity index (χ1n) is 9.02. The number of benzene rings is 2. The van der Waals surface area contributed by atoms with Gasteiger partial charge in [0, 0.05) is 6.54 Å². The summed E-state index contributed by atoms with van der Waals surface area (Å²) in [7, 11) is -1.98. The van der Waals surface area contributed by atoms with E-state index >= 15 is 0 Å². The quantitative estimate of drug-likeness (QED) is 0.616. The van der Waals surface area contributed by atoms with Crippen molar-refractivity contribution in [1.29, 1.82) is 0 Å². The summed E-state index contributed by atoms with van der Waals surface area (Å²) in [6, 6.07) is 16.7. The first-order chi connectivity index (χ1) is 12.9. The van der Waals surface area contributed by atoms with E-state index in [2.05, 4.69) is 22.3 Å². The number of hydrogen-bond acceptors (Lipinski definition) is 3. The van der Waals surface area contributed by atoms with Crippen molar-refractivity contribution in [3.8, 4) is 0 Å². The van der Waals surface area contributed by atoms with Gasteiger partial charge in [0.05, 0.1) is 11.8 Å². The number of carbonyl (C=O) groups excluding carboxylic acids is 1. The van der Waals surface area contributed by atoms with E-state index in [1.807, 2.05) is 42.5 Å². The molecule has 3 N–H and O–H groups in total. The molecule has 6 nitrogen and oxygen atoms in total. The lowest BCUT2D eigenvalue weighted by Gasteiger charge is -2.19. The van der Waals surface area contributed by atoms with E-state index in [1.165, 1.54) is 7.05 Å². The van der Waals surface area contributed by atoms with Crippen LogP contribution in [0.3, 0.4) is 0 Å². The van der Waals surface area contributed by atoms with Crippen molar-refractivity contribution in [2.75, 3.05) is 7.05 Å². The number of hydrogen-bond donors (Lipinski definition) is 3.